The smallest absolute Gasteiger partial charge is 0.326 e. The average molecular weight is 617 g/mol. The molecular weight excluding hydrogens is 580 g/mol. The number of nitrogens with zero attached hydrogens (tertiary/aromatic N) is 1. The lowest BCUT2D eigenvalue weighted by atomic mass is 10.0. The van der Waals surface area contributed by atoms with Crippen LogP contribution in [-0.4, -0.2) is 85.5 Å². The summed E-state index contributed by atoms with van der Waals surface area (Å²) < 4.78 is 0. The highest BCUT2D eigenvalue weighted by atomic mass is 16.4. The summed E-state index contributed by atoms with van der Waals surface area (Å²) >= 11 is 0. The van der Waals surface area contributed by atoms with Crippen LogP contribution in [0.4, 0.5) is 0 Å². The number of aromatic amines is 2. The first-order valence-corrected chi connectivity index (χ1v) is 14.8. The number of amides is 3. The number of carboxylic acid groups (broad SMARTS) is 2. The third-order valence-electron chi connectivity index (χ3n) is 8.27. The number of fused-ring (bicyclic) bond motifs is 2. The minimum absolute atomic E-state index is 0.0252. The van der Waals surface area contributed by atoms with Crippen molar-refractivity contribution in [3.8, 4) is 0 Å². The van der Waals surface area contributed by atoms with Crippen LogP contribution >= 0.6 is 0 Å². The molecule has 2 aromatic carbocycles. The van der Waals surface area contributed by atoms with Gasteiger partial charge in [0.15, 0.2) is 0 Å². The van der Waals surface area contributed by atoms with E-state index in [1.54, 1.807) is 12.4 Å². The molecule has 3 amide bonds. The lowest BCUT2D eigenvalue weighted by Gasteiger charge is -2.30. The molecule has 0 spiro atoms. The van der Waals surface area contributed by atoms with E-state index in [1.165, 1.54) is 4.90 Å². The van der Waals surface area contributed by atoms with Crippen molar-refractivity contribution in [2.24, 2.45) is 5.73 Å². The molecule has 0 saturated carbocycles. The first-order chi connectivity index (χ1) is 21.6. The SMILES string of the molecule is NC(Cc1c[nH]c2ccccc12)C(=O)NC(CCC(=O)O)C(=O)N1CCCC1C(=O)NC(Cc1c[nH]c2ccccc12)C(=O)O. The van der Waals surface area contributed by atoms with Gasteiger partial charge in [0, 0.05) is 53.6 Å². The largest absolute Gasteiger partial charge is 0.481 e. The molecule has 13 heteroatoms. The molecule has 1 aliphatic heterocycles. The summed E-state index contributed by atoms with van der Waals surface area (Å²) in [7, 11) is 0. The number of hydrogen-bond donors (Lipinski definition) is 7. The van der Waals surface area contributed by atoms with E-state index in [0.29, 0.717) is 6.42 Å². The standard InChI is InChI=1S/C32H36N6O7/c33-22(14-18-16-34-23-8-3-1-6-20(18)23)29(41)36-25(11-12-28(39)40)31(43)38-13-5-10-27(38)30(42)37-26(32(44)45)15-19-17-35-24-9-4-2-7-21(19)24/h1-4,6-9,16-17,22,25-27,34-35H,5,10-15,33H2,(H,36,41)(H,37,42)(H,39,40)(H,44,45). The Kier molecular flexibility index (Phi) is 9.48. The number of para-hydroxylation sites is 2. The van der Waals surface area contributed by atoms with E-state index in [1.807, 2.05) is 48.5 Å². The number of rotatable bonds is 13. The predicted octanol–water partition coefficient (Wildman–Crippen LogP) is 1.67. The minimum atomic E-state index is -1.25. The van der Waals surface area contributed by atoms with Gasteiger partial charge in [-0.05, 0) is 48.9 Å². The van der Waals surface area contributed by atoms with Crippen LogP contribution in [0.5, 0.6) is 0 Å². The third kappa shape index (κ3) is 7.15. The van der Waals surface area contributed by atoms with Crippen LogP contribution < -0.4 is 16.4 Å². The number of hydrogen-bond acceptors (Lipinski definition) is 6. The Morgan fingerprint density at radius 1 is 0.867 bits per heavy atom. The van der Waals surface area contributed by atoms with Crippen molar-refractivity contribution < 1.29 is 34.2 Å². The predicted molar refractivity (Wildman–Crippen MR) is 165 cm³/mol. The summed E-state index contributed by atoms with van der Waals surface area (Å²) in [5.41, 5.74) is 9.48. The van der Waals surface area contributed by atoms with Crippen LogP contribution in [0.15, 0.2) is 60.9 Å². The number of carbonyl (C=O) groups is 5. The second kappa shape index (κ2) is 13.6. The lowest BCUT2D eigenvalue weighted by Crippen LogP contribution is -2.57. The van der Waals surface area contributed by atoms with Crippen molar-refractivity contribution >= 4 is 51.5 Å². The molecule has 4 atom stereocenters. The summed E-state index contributed by atoms with van der Waals surface area (Å²) in [5.74, 6) is -4.26. The zero-order chi connectivity index (χ0) is 32.1. The molecule has 0 aliphatic carbocycles. The first-order valence-electron chi connectivity index (χ1n) is 14.8. The highest BCUT2D eigenvalue weighted by Crippen LogP contribution is 2.23. The Morgan fingerprint density at radius 2 is 1.47 bits per heavy atom. The average Bonchev–Trinajstić information content (AvgIpc) is 3.77. The molecule has 4 aromatic rings. The van der Waals surface area contributed by atoms with E-state index in [0.717, 1.165) is 32.9 Å². The molecule has 13 nitrogen and oxygen atoms in total. The molecule has 3 heterocycles. The van der Waals surface area contributed by atoms with Crippen molar-refractivity contribution in [2.75, 3.05) is 6.54 Å². The van der Waals surface area contributed by atoms with E-state index in [4.69, 9.17) is 5.73 Å². The van der Waals surface area contributed by atoms with Gasteiger partial charge in [0.1, 0.15) is 18.1 Å². The van der Waals surface area contributed by atoms with Gasteiger partial charge in [0.25, 0.3) is 0 Å². The monoisotopic (exact) mass is 616 g/mol. The maximum atomic E-state index is 13.7. The summed E-state index contributed by atoms with van der Waals surface area (Å²) in [4.78, 5) is 71.3. The Bertz CT molecular complexity index is 1730. The Morgan fingerprint density at radius 3 is 2.07 bits per heavy atom. The van der Waals surface area contributed by atoms with Gasteiger partial charge in [-0.2, -0.15) is 0 Å². The zero-order valence-corrected chi connectivity index (χ0v) is 24.5. The van der Waals surface area contributed by atoms with Crippen LogP contribution in [-0.2, 0) is 36.8 Å². The zero-order valence-electron chi connectivity index (χ0n) is 24.5. The first kappa shape index (κ1) is 31.3. The van der Waals surface area contributed by atoms with Gasteiger partial charge in [-0.15, -0.1) is 0 Å². The highest BCUT2D eigenvalue weighted by molar-refractivity contribution is 5.95. The van der Waals surface area contributed by atoms with E-state index in [2.05, 4.69) is 20.6 Å². The number of nitrogens with two attached hydrogens (primary N) is 1. The van der Waals surface area contributed by atoms with Gasteiger partial charge in [0.2, 0.25) is 17.7 Å². The quantitative estimate of drug-likeness (QED) is 0.117. The van der Waals surface area contributed by atoms with Crippen LogP contribution in [0.25, 0.3) is 21.8 Å². The molecule has 45 heavy (non-hydrogen) atoms. The topological polar surface area (TPSA) is 211 Å². The third-order valence-corrected chi connectivity index (χ3v) is 8.27. The van der Waals surface area contributed by atoms with Gasteiger partial charge in [-0.25, -0.2) is 4.79 Å². The molecule has 4 unspecified atom stereocenters. The lowest BCUT2D eigenvalue weighted by molar-refractivity contribution is -0.145. The van der Waals surface area contributed by atoms with Crippen LogP contribution in [0.2, 0.25) is 0 Å². The molecular formula is C32H36N6O7. The summed E-state index contributed by atoms with van der Waals surface area (Å²) in [6.07, 6.45) is 3.83. The highest BCUT2D eigenvalue weighted by Gasteiger charge is 2.39. The number of likely N-dealkylation sites (tertiary alicyclic amines) is 1. The number of nitrogens with one attached hydrogen (secondary N) is 4. The van der Waals surface area contributed by atoms with Gasteiger partial charge < -0.3 is 41.4 Å². The molecule has 0 radical (unpaired) electrons. The maximum absolute atomic E-state index is 13.7. The normalized spacial score (nSPS) is 16.7. The number of carbonyl (C=O) groups excluding carboxylic acids is 3. The molecule has 8 N–H and O–H groups in total. The van der Waals surface area contributed by atoms with E-state index in [9.17, 15) is 34.2 Å². The number of H-pyrrole nitrogens is 2. The fourth-order valence-corrected chi connectivity index (χ4v) is 5.93. The van der Waals surface area contributed by atoms with E-state index >= 15 is 0 Å². The van der Waals surface area contributed by atoms with Gasteiger partial charge in [0.05, 0.1) is 6.04 Å². The Balaban J connectivity index is 1.26. The molecule has 2 aromatic heterocycles. The second-order valence-electron chi connectivity index (χ2n) is 11.3. The summed E-state index contributed by atoms with van der Waals surface area (Å²) in [5, 5.41) is 26.2. The van der Waals surface area contributed by atoms with Gasteiger partial charge in [-0.1, -0.05) is 36.4 Å². The fourth-order valence-electron chi connectivity index (χ4n) is 5.93. The number of carboxylic acids is 2. The second-order valence-corrected chi connectivity index (χ2v) is 11.3. The number of aromatic nitrogens is 2. The molecule has 236 valence electrons. The van der Waals surface area contributed by atoms with Crippen molar-refractivity contribution in [3.05, 3.63) is 72.1 Å². The number of benzene rings is 2. The van der Waals surface area contributed by atoms with Crippen molar-refractivity contribution in [1.82, 2.24) is 25.5 Å². The van der Waals surface area contributed by atoms with Crippen LogP contribution in [0.1, 0.15) is 36.8 Å². The molecule has 1 saturated heterocycles. The molecule has 1 aliphatic rings. The fraction of sp³-hybridized carbons (Fsp3) is 0.344. The molecule has 5 rings (SSSR count). The minimum Gasteiger partial charge on any atom is -0.481 e. The summed E-state index contributed by atoms with van der Waals surface area (Å²) in [6, 6.07) is 10.5. The van der Waals surface area contributed by atoms with E-state index < -0.39 is 60.2 Å². The summed E-state index contributed by atoms with van der Waals surface area (Å²) in [6.45, 7) is 0.192. The van der Waals surface area contributed by atoms with Crippen molar-refractivity contribution in [1.29, 1.82) is 0 Å². The Labute approximate surface area is 258 Å². The van der Waals surface area contributed by atoms with Crippen molar-refractivity contribution in [3.63, 3.8) is 0 Å². The van der Waals surface area contributed by atoms with Crippen LogP contribution in [0.3, 0.4) is 0 Å². The maximum Gasteiger partial charge on any atom is 0.326 e. The van der Waals surface area contributed by atoms with Gasteiger partial charge >= 0.3 is 11.9 Å². The van der Waals surface area contributed by atoms with E-state index in [-0.39, 0.29) is 32.2 Å². The van der Waals surface area contributed by atoms with Crippen molar-refractivity contribution in [2.45, 2.75) is 62.7 Å². The molecule has 0 bridgehead atoms. The van der Waals surface area contributed by atoms with Gasteiger partial charge in [-0.3, -0.25) is 19.2 Å². The van der Waals surface area contributed by atoms with Crippen LogP contribution in [0, 0.1) is 0 Å². The molecule has 1 fully saturated rings. The Hall–Kier alpha value is -5.17. The number of aliphatic carboxylic acids is 2.